The number of aliphatic hydroxyl groups excluding tert-OH is 1. The zero-order valence-corrected chi connectivity index (χ0v) is 10.4. The van der Waals surface area contributed by atoms with Crippen molar-refractivity contribution in [3.8, 4) is 11.5 Å². The van der Waals surface area contributed by atoms with E-state index in [0.717, 1.165) is 5.75 Å². The summed E-state index contributed by atoms with van der Waals surface area (Å²) in [7, 11) is 1.60. The first-order chi connectivity index (χ1) is 9.22. The van der Waals surface area contributed by atoms with E-state index in [-0.39, 0.29) is 12.4 Å². The zero-order chi connectivity index (χ0) is 13.7. The molecule has 0 bridgehead atoms. The second kappa shape index (κ2) is 5.97. The van der Waals surface area contributed by atoms with Crippen LogP contribution in [-0.4, -0.2) is 17.3 Å². The fourth-order valence-electron chi connectivity index (χ4n) is 1.56. The minimum absolute atomic E-state index is 0.0902. The fourth-order valence-corrected chi connectivity index (χ4v) is 1.56. The number of nitrogens with zero attached hydrogens (tertiary/aromatic N) is 2. The molecule has 0 spiro atoms. The lowest BCUT2D eigenvalue weighted by atomic mass is 10.2. The van der Waals surface area contributed by atoms with Crippen LogP contribution in [0.3, 0.4) is 0 Å². The summed E-state index contributed by atoms with van der Waals surface area (Å²) < 4.78 is 5.05. The lowest BCUT2D eigenvalue weighted by molar-refractivity contribution is 0.281. The number of aromatic hydroxyl groups is 1. The molecule has 2 aromatic rings. The van der Waals surface area contributed by atoms with Crippen molar-refractivity contribution in [2.75, 3.05) is 7.11 Å². The topological polar surface area (TPSA) is 74.4 Å². The van der Waals surface area contributed by atoms with Gasteiger partial charge in [0.05, 0.1) is 25.1 Å². The maximum Gasteiger partial charge on any atom is 0.119 e. The molecule has 0 heterocycles. The molecule has 0 saturated heterocycles. The Morgan fingerprint density at radius 1 is 1.05 bits per heavy atom. The van der Waals surface area contributed by atoms with Crippen molar-refractivity contribution in [2.45, 2.75) is 6.61 Å². The molecule has 19 heavy (non-hydrogen) atoms. The summed E-state index contributed by atoms with van der Waals surface area (Å²) in [4.78, 5) is 0. The highest BCUT2D eigenvalue weighted by Gasteiger charge is 2.02. The van der Waals surface area contributed by atoms with Gasteiger partial charge >= 0.3 is 0 Å². The van der Waals surface area contributed by atoms with Crippen LogP contribution in [0, 0.1) is 0 Å². The first-order valence-corrected chi connectivity index (χ1v) is 5.71. The fraction of sp³-hybridized carbons (Fsp3) is 0.143. The van der Waals surface area contributed by atoms with Crippen molar-refractivity contribution in [3.63, 3.8) is 0 Å². The Bertz CT molecular complexity index is 580. The van der Waals surface area contributed by atoms with Gasteiger partial charge in [-0.2, -0.15) is 10.2 Å². The van der Waals surface area contributed by atoms with Gasteiger partial charge in [-0.1, -0.05) is 0 Å². The summed E-state index contributed by atoms with van der Waals surface area (Å²) in [6.45, 7) is -0.203. The molecule has 5 nitrogen and oxygen atoms in total. The van der Waals surface area contributed by atoms with E-state index in [1.807, 2.05) is 0 Å². The Hall–Kier alpha value is -2.40. The number of benzene rings is 2. The van der Waals surface area contributed by atoms with Gasteiger partial charge in [-0.05, 0) is 42.5 Å². The molecule has 0 aliphatic carbocycles. The molecule has 0 atom stereocenters. The molecule has 0 aliphatic rings. The monoisotopic (exact) mass is 258 g/mol. The van der Waals surface area contributed by atoms with E-state index in [1.54, 1.807) is 37.4 Å². The summed E-state index contributed by atoms with van der Waals surface area (Å²) >= 11 is 0. The number of methoxy groups -OCH3 is 1. The molecule has 0 saturated carbocycles. The van der Waals surface area contributed by atoms with Gasteiger partial charge < -0.3 is 14.9 Å². The number of azo groups is 1. The van der Waals surface area contributed by atoms with E-state index < -0.39 is 0 Å². The molecule has 0 fully saturated rings. The molecule has 5 heteroatoms. The largest absolute Gasteiger partial charge is 0.508 e. The molecule has 0 radical (unpaired) electrons. The third kappa shape index (κ3) is 3.29. The lowest BCUT2D eigenvalue weighted by Gasteiger charge is -2.02. The molecule has 2 N–H and O–H groups in total. The van der Waals surface area contributed by atoms with Crippen LogP contribution in [0.15, 0.2) is 52.7 Å². The number of aliphatic hydroxyl groups is 1. The number of hydrogen-bond donors (Lipinski definition) is 2. The van der Waals surface area contributed by atoms with Crippen LogP contribution in [0.5, 0.6) is 11.5 Å². The van der Waals surface area contributed by atoms with E-state index in [0.29, 0.717) is 16.9 Å². The van der Waals surface area contributed by atoms with E-state index in [4.69, 9.17) is 4.74 Å². The zero-order valence-electron chi connectivity index (χ0n) is 10.4. The van der Waals surface area contributed by atoms with Crippen LogP contribution in [0.1, 0.15) is 5.56 Å². The number of rotatable bonds is 4. The molecular formula is C14H14N2O3. The van der Waals surface area contributed by atoms with Crippen molar-refractivity contribution in [3.05, 3.63) is 48.0 Å². The molecule has 0 amide bonds. The average molecular weight is 258 g/mol. The molecule has 2 aromatic carbocycles. The van der Waals surface area contributed by atoms with Crippen molar-refractivity contribution < 1.29 is 14.9 Å². The second-order valence-electron chi connectivity index (χ2n) is 3.87. The quantitative estimate of drug-likeness (QED) is 0.826. The molecule has 0 aliphatic heterocycles. The Morgan fingerprint density at radius 2 is 1.79 bits per heavy atom. The summed E-state index contributed by atoms with van der Waals surface area (Å²) in [6, 6.07) is 11.7. The Balaban J connectivity index is 2.21. The molecule has 0 unspecified atom stereocenters. The molecule has 2 rings (SSSR count). The van der Waals surface area contributed by atoms with Crippen molar-refractivity contribution in [1.29, 1.82) is 0 Å². The summed E-state index contributed by atoms with van der Waals surface area (Å²) in [5, 5.41) is 26.6. The minimum Gasteiger partial charge on any atom is -0.508 e. The van der Waals surface area contributed by atoms with E-state index in [1.165, 1.54) is 12.1 Å². The lowest BCUT2D eigenvalue weighted by Crippen LogP contribution is -1.83. The first kappa shape index (κ1) is 13.0. The molecule has 98 valence electrons. The smallest absolute Gasteiger partial charge is 0.119 e. The van der Waals surface area contributed by atoms with Crippen LogP contribution in [0.4, 0.5) is 11.4 Å². The van der Waals surface area contributed by atoms with Gasteiger partial charge in [0, 0.05) is 5.56 Å². The van der Waals surface area contributed by atoms with Gasteiger partial charge in [0.15, 0.2) is 0 Å². The number of ether oxygens (including phenoxy) is 1. The van der Waals surface area contributed by atoms with E-state index in [2.05, 4.69) is 10.2 Å². The SMILES string of the molecule is COc1ccc(N=Nc2ccc(O)cc2CO)cc1. The summed E-state index contributed by atoms with van der Waals surface area (Å²) in [6.07, 6.45) is 0. The first-order valence-electron chi connectivity index (χ1n) is 5.71. The maximum atomic E-state index is 9.31. The molecular weight excluding hydrogens is 244 g/mol. The van der Waals surface area contributed by atoms with Crippen molar-refractivity contribution >= 4 is 11.4 Å². The van der Waals surface area contributed by atoms with Crippen LogP contribution < -0.4 is 4.74 Å². The number of phenolic OH excluding ortho intramolecular Hbond substituents is 1. The summed E-state index contributed by atoms with van der Waals surface area (Å²) in [5.41, 5.74) is 1.73. The summed E-state index contributed by atoms with van der Waals surface area (Å²) in [5.74, 6) is 0.840. The predicted molar refractivity (Wildman–Crippen MR) is 71.2 cm³/mol. The van der Waals surface area contributed by atoms with Crippen molar-refractivity contribution in [1.82, 2.24) is 0 Å². The number of hydrogen-bond acceptors (Lipinski definition) is 5. The average Bonchev–Trinajstić information content (AvgIpc) is 2.46. The highest BCUT2D eigenvalue weighted by atomic mass is 16.5. The van der Waals surface area contributed by atoms with Crippen LogP contribution in [0.2, 0.25) is 0 Å². The minimum atomic E-state index is -0.203. The highest BCUT2D eigenvalue weighted by Crippen LogP contribution is 2.26. The highest BCUT2D eigenvalue weighted by molar-refractivity contribution is 5.49. The normalized spacial score (nSPS) is 10.8. The Kier molecular flexibility index (Phi) is 4.10. The third-order valence-corrected chi connectivity index (χ3v) is 2.58. The predicted octanol–water partition coefficient (Wildman–Crippen LogP) is 3.31. The van der Waals surface area contributed by atoms with Gasteiger partial charge in [0.1, 0.15) is 11.5 Å². The molecule has 0 aromatic heterocycles. The van der Waals surface area contributed by atoms with Crippen LogP contribution in [-0.2, 0) is 6.61 Å². The third-order valence-electron chi connectivity index (χ3n) is 2.58. The van der Waals surface area contributed by atoms with Gasteiger partial charge in [0.2, 0.25) is 0 Å². The maximum absolute atomic E-state index is 9.31. The second-order valence-corrected chi connectivity index (χ2v) is 3.87. The van der Waals surface area contributed by atoms with Gasteiger partial charge in [-0.25, -0.2) is 0 Å². The van der Waals surface area contributed by atoms with Gasteiger partial charge in [-0.15, -0.1) is 0 Å². The van der Waals surface area contributed by atoms with Gasteiger partial charge in [0.25, 0.3) is 0 Å². The van der Waals surface area contributed by atoms with Crippen molar-refractivity contribution in [2.24, 2.45) is 10.2 Å². The van der Waals surface area contributed by atoms with E-state index >= 15 is 0 Å². The van der Waals surface area contributed by atoms with Gasteiger partial charge in [-0.3, -0.25) is 0 Å². The standard InChI is InChI=1S/C14H14N2O3/c1-19-13-5-2-11(3-6-13)15-16-14-7-4-12(18)8-10(14)9-17/h2-8,17-18H,9H2,1H3. The Morgan fingerprint density at radius 3 is 2.42 bits per heavy atom. The van der Waals surface area contributed by atoms with Crippen LogP contribution in [0.25, 0.3) is 0 Å². The van der Waals surface area contributed by atoms with Crippen LogP contribution >= 0.6 is 0 Å². The Labute approximate surface area is 110 Å². The number of phenols is 1. The van der Waals surface area contributed by atoms with E-state index in [9.17, 15) is 10.2 Å².